The van der Waals surface area contributed by atoms with Gasteiger partial charge in [-0.15, -0.1) is 0 Å². The minimum atomic E-state index is 0.309. The molecule has 3 heteroatoms. The molecular weight excluding hydrogens is 168 g/mol. The van der Waals surface area contributed by atoms with Gasteiger partial charge in [-0.2, -0.15) is 0 Å². The molecule has 0 aromatic rings. The molecule has 0 aromatic carbocycles. The predicted molar refractivity (Wildman–Crippen MR) is 37.9 cm³/mol. The summed E-state index contributed by atoms with van der Waals surface area (Å²) in [5.74, 6) is 0. The molecule has 0 aromatic heterocycles. The molecule has 0 amide bonds. The summed E-state index contributed by atoms with van der Waals surface area (Å²) in [6.45, 7) is 1.10. The van der Waals surface area contributed by atoms with E-state index in [-0.39, 0.29) is 0 Å². The van der Waals surface area contributed by atoms with Gasteiger partial charge in [0.2, 0.25) is 0 Å². The van der Waals surface area contributed by atoms with Crippen LogP contribution in [0.15, 0.2) is 0 Å². The Hall–Kier alpha value is 0.400. The second kappa shape index (κ2) is 2.80. The zero-order valence-electron chi connectivity index (χ0n) is 4.73. The molecular formula is C5H11BrN2. The van der Waals surface area contributed by atoms with Gasteiger partial charge in [-0.1, -0.05) is 15.9 Å². The van der Waals surface area contributed by atoms with Crippen molar-refractivity contribution in [2.45, 2.75) is 23.8 Å². The fourth-order valence-corrected chi connectivity index (χ4v) is 1.37. The van der Waals surface area contributed by atoms with E-state index in [1.165, 1.54) is 6.42 Å². The molecule has 0 bridgehead atoms. The van der Waals surface area contributed by atoms with Gasteiger partial charge in [-0.05, 0) is 19.4 Å². The van der Waals surface area contributed by atoms with Gasteiger partial charge in [0.25, 0.3) is 0 Å². The third-order valence-corrected chi connectivity index (χ3v) is 2.43. The Balaban J connectivity index is 2.28. The maximum Gasteiger partial charge on any atom is 0.0783 e. The average Bonchev–Trinajstić information content (AvgIpc) is 1.77. The smallest absolute Gasteiger partial charge is 0.0783 e. The van der Waals surface area contributed by atoms with Crippen molar-refractivity contribution in [1.29, 1.82) is 0 Å². The van der Waals surface area contributed by atoms with Crippen LogP contribution in [-0.2, 0) is 0 Å². The zero-order valence-corrected chi connectivity index (χ0v) is 6.32. The summed E-state index contributed by atoms with van der Waals surface area (Å²) >= 11 is 3.42. The summed E-state index contributed by atoms with van der Waals surface area (Å²) in [4.78, 5) is 0.344. The lowest BCUT2D eigenvalue weighted by atomic mass is 10.1. The van der Waals surface area contributed by atoms with Crippen LogP contribution in [0.5, 0.6) is 0 Å². The summed E-state index contributed by atoms with van der Waals surface area (Å²) in [7, 11) is 0. The Morgan fingerprint density at radius 1 is 1.62 bits per heavy atom. The number of alkyl halides is 1. The molecule has 8 heavy (non-hydrogen) atoms. The van der Waals surface area contributed by atoms with Crippen LogP contribution in [0.25, 0.3) is 0 Å². The fraction of sp³-hybridized carbons (Fsp3) is 1.00. The van der Waals surface area contributed by atoms with E-state index in [1.54, 1.807) is 0 Å². The average molecular weight is 179 g/mol. The Kier molecular flexibility index (Phi) is 2.28. The summed E-state index contributed by atoms with van der Waals surface area (Å²) in [6, 6.07) is 0.309. The van der Waals surface area contributed by atoms with E-state index >= 15 is 0 Å². The lowest BCUT2D eigenvalue weighted by Crippen LogP contribution is -2.45. The van der Waals surface area contributed by atoms with Gasteiger partial charge < -0.3 is 11.1 Å². The highest BCUT2D eigenvalue weighted by Gasteiger charge is 2.16. The molecule has 1 heterocycles. The normalized spacial score (nSPS) is 39.8. The molecule has 1 rings (SSSR count). The summed E-state index contributed by atoms with van der Waals surface area (Å²) in [5, 5.41) is 3.22. The molecule has 1 fully saturated rings. The monoisotopic (exact) mass is 178 g/mol. The van der Waals surface area contributed by atoms with Gasteiger partial charge in [0.1, 0.15) is 0 Å². The number of halogens is 1. The number of piperidine rings is 1. The number of hydrogen-bond donors (Lipinski definition) is 2. The van der Waals surface area contributed by atoms with Gasteiger partial charge >= 0.3 is 0 Å². The van der Waals surface area contributed by atoms with Crippen LogP contribution in [0.3, 0.4) is 0 Å². The number of hydrogen-bond acceptors (Lipinski definition) is 2. The van der Waals surface area contributed by atoms with E-state index < -0.39 is 0 Å². The Bertz CT molecular complexity index is 66.8. The van der Waals surface area contributed by atoms with E-state index in [0.717, 1.165) is 13.0 Å². The molecule has 2 atom stereocenters. The molecule has 2 nitrogen and oxygen atoms in total. The van der Waals surface area contributed by atoms with Crippen molar-refractivity contribution in [1.82, 2.24) is 5.32 Å². The van der Waals surface area contributed by atoms with Gasteiger partial charge in [-0.25, -0.2) is 0 Å². The number of nitrogens with two attached hydrogens (primary N) is 1. The van der Waals surface area contributed by atoms with Crippen LogP contribution < -0.4 is 11.1 Å². The highest BCUT2D eigenvalue weighted by Crippen LogP contribution is 2.10. The first kappa shape index (κ1) is 6.52. The standard InChI is InChI=1S/C5H11BrN2/c6-5-4(7)2-1-3-8-5/h4-5,8H,1-3,7H2. The predicted octanol–water partition coefficient (Wildman–Crippen LogP) is 0.418. The maximum atomic E-state index is 5.67. The fourth-order valence-electron chi connectivity index (χ4n) is 0.875. The van der Waals surface area contributed by atoms with Gasteiger partial charge in [0.05, 0.1) is 4.95 Å². The topological polar surface area (TPSA) is 38.0 Å². The molecule has 0 radical (unpaired) electrons. The largest absolute Gasteiger partial charge is 0.326 e. The van der Waals surface area contributed by atoms with E-state index in [0.29, 0.717) is 11.0 Å². The van der Waals surface area contributed by atoms with Crippen LogP contribution in [0.2, 0.25) is 0 Å². The molecule has 48 valence electrons. The molecule has 0 aliphatic carbocycles. The van der Waals surface area contributed by atoms with Crippen molar-refractivity contribution < 1.29 is 0 Å². The molecule has 1 aliphatic rings. The van der Waals surface area contributed by atoms with E-state index in [4.69, 9.17) is 5.73 Å². The van der Waals surface area contributed by atoms with E-state index in [1.807, 2.05) is 0 Å². The Morgan fingerprint density at radius 2 is 2.38 bits per heavy atom. The van der Waals surface area contributed by atoms with Crippen LogP contribution in [0.4, 0.5) is 0 Å². The SMILES string of the molecule is NC1CCCNC1Br. The van der Waals surface area contributed by atoms with Gasteiger partial charge in [0.15, 0.2) is 0 Å². The Morgan fingerprint density at radius 3 is 2.75 bits per heavy atom. The second-order valence-electron chi connectivity index (χ2n) is 2.16. The first-order valence-electron chi connectivity index (χ1n) is 2.94. The molecule has 0 spiro atoms. The zero-order chi connectivity index (χ0) is 5.98. The van der Waals surface area contributed by atoms with Crippen LogP contribution in [0, 0.1) is 0 Å². The molecule has 1 aliphatic heterocycles. The maximum absolute atomic E-state index is 5.67. The summed E-state index contributed by atoms with van der Waals surface area (Å²) < 4.78 is 0. The first-order chi connectivity index (χ1) is 3.80. The Labute approximate surface area is 58.0 Å². The minimum absolute atomic E-state index is 0.309. The van der Waals surface area contributed by atoms with Crippen molar-refractivity contribution in [2.75, 3.05) is 6.54 Å². The summed E-state index contributed by atoms with van der Waals surface area (Å²) in [5.41, 5.74) is 5.67. The minimum Gasteiger partial charge on any atom is -0.326 e. The van der Waals surface area contributed by atoms with Crippen LogP contribution in [-0.4, -0.2) is 17.5 Å². The molecule has 2 unspecified atom stereocenters. The number of rotatable bonds is 0. The lowest BCUT2D eigenvalue weighted by Gasteiger charge is -2.24. The van der Waals surface area contributed by atoms with Crippen LogP contribution >= 0.6 is 15.9 Å². The van der Waals surface area contributed by atoms with E-state index in [9.17, 15) is 0 Å². The highest BCUT2D eigenvalue weighted by molar-refractivity contribution is 9.09. The van der Waals surface area contributed by atoms with Crippen molar-refractivity contribution in [3.63, 3.8) is 0 Å². The third-order valence-electron chi connectivity index (χ3n) is 1.43. The molecule has 0 saturated carbocycles. The van der Waals surface area contributed by atoms with Crippen molar-refractivity contribution in [2.24, 2.45) is 5.73 Å². The lowest BCUT2D eigenvalue weighted by molar-refractivity contribution is 0.437. The number of nitrogens with one attached hydrogen (secondary N) is 1. The molecule has 1 saturated heterocycles. The van der Waals surface area contributed by atoms with Crippen molar-refractivity contribution in [3.05, 3.63) is 0 Å². The second-order valence-corrected chi connectivity index (χ2v) is 3.15. The highest BCUT2D eigenvalue weighted by atomic mass is 79.9. The summed E-state index contributed by atoms with van der Waals surface area (Å²) in [6.07, 6.45) is 2.35. The quantitative estimate of drug-likeness (QED) is 0.417. The van der Waals surface area contributed by atoms with Gasteiger partial charge in [-0.3, -0.25) is 0 Å². The van der Waals surface area contributed by atoms with Gasteiger partial charge in [0, 0.05) is 6.04 Å². The molecule has 3 N–H and O–H groups in total. The third kappa shape index (κ3) is 1.44. The first-order valence-corrected chi connectivity index (χ1v) is 3.85. The van der Waals surface area contributed by atoms with E-state index in [2.05, 4.69) is 21.2 Å². The van der Waals surface area contributed by atoms with Crippen molar-refractivity contribution >= 4 is 15.9 Å². The van der Waals surface area contributed by atoms with Crippen LogP contribution in [0.1, 0.15) is 12.8 Å². The van der Waals surface area contributed by atoms with Crippen molar-refractivity contribution in [3.8, 4) is 0 Å².